The highest BCUT2D eigenvalue weighted by Crippen LogP contribution is 2.36. The lowest BCUT2D eigenvalue weighted by Gasteiger charge is -2.38. The molecule has 1 aliphatic carbocycles. The molecule has 2 atom stereocenters. The zero-order chi connectivity index (χ0) is 10.9. The summed E-state index contributed by atoms with van der Waals surface area (Å²) in [6.45, 7) is 5.27. The smallest absolute Gasteiger partial charge is 0.140 e. The van der Waals surface area contributed by atoms with Crippen molar-refractivity contribution in [2.24, 2.45) is 5.73 Å². The van der Waals surface area contributed by atoms with E-state index in [2.05, 4.69) is 28.6 Å². The van der Waals surface area contributed by atoms with Crippen LogP contribution in [0.1, 0.15) is 45.4 Å². The van der Waals surface area contributed by atoms with Crippen LogP contribution in [0.5, 0.6) is 0 Å². The van der Waals surface area contributed by atoms with E-state index in [1.54, 1.807) is 0 Å². The highest BCUT2D eigenvalue weighted by atomic mass is 15.3. The molecule has 1 heterocycles. The second-order valence-corrected chi connectivity index (χ2v) is 4.71. The molecule has 4 nitrogen and oxygen atoms in total. The molecule has 2 N–H and O–H groups in total. The van der Waals surface area contributed by atoms with Crippen molar-refractivity contribution in [3.8, 4) is 0 Å². The van der Waals surface area contributed by atoms with E-state index in [9.17, 15) is 0 Å². The number of nitrogens with two attached hydrogens (primary N) is 1. The summed E-state index contributed by atoms with van der Waals surface area (Å²) in [5.41, 5.74) is 6.27. The van der Waals surface area contributed by atoms with E-state index < -0.39 is 0 Å². The first-order chi connectivity index (χ1) is 7.18. The van der Waals surface area contributed by atoms with Crippen LogP contribution in [0.2, 0.25) is 0 Å². The maximum Gasteiger partial charge on any atom is 0.140 e. The van der Waals surface area contributed by atoms with Crippen molar-refractivity contribution in [2.75, 3.05) is 0 Å². The topological polar surface area (TPSA) is 56.7 Å². The summed E-state index contributed by atoms with van der Waals surface area (Å²) in [5.74, 6) is 1.07. The Morgan fingerprint density at radius 1 is 1.60 bits per heavy atom. The maximum absolute atomic E-state index is 6.25. The highest BCUT2D eigenvalue weighted by molar-refractivity contribution is 5.12. The molecule has 1 aromatic heterocycles. The molecule has 1 fully saturated rings. The van der Waals surface area contributed by atoms with Gasteiger partial charge >= 0.3 is 0 Å². The van der Waals surface area contributed by atoms with Gasteiger partial charge in [-0.2, -0.15) is 0 Å². The SMILES string of the molecule is CCn1cnnc1C1(C)CCCCC1N. The number of hydrogen-bond acceptors (Lipinski definition) is 3. The molecule has 4 heteroatoms. The molecule has 0 amide bonds. The minimum absolute atomic E-state index is 0.0186. The molecule has 0 aliphatic heterocycles. The van der Waals surface area contributed by atoms with E-state index in [4.69, 9.17) is 5.73 Å². The van der Waals surface area contributed by atoms with Crippen LogP contribution in [0, 0.1) is 0 Å². The third-order valence-electron chi connectivity index (χ3n) is 3.75. The predicted molar refractivity (Wildman–Crippen MR) is 59.5 cm³/mol. The van der Waals surface area contributed by atoms with Crippen molar-refractivity contribution < 1.29 is 0 Å². The van der Waals surface area contributed by atoms with Gasteiger partial charge in [-0.15, -0.1) is 10.2 Å². The van der Waals surface area contributed by atoms with E-state index >= 15 is 0 Å². The van der Waals surface area contributed by atoms with Crippen LogP contribution in [0.15, 0.2) is 6.33 Å². The quantitative estimate of drug-likeness (QED) is 0.800. The number of nitrogens with zero attached hydrogens (tertiary/aromatic N) is 3. The zero-order valence-corrected chi connectivity index (χ0v) is 9.61. The van der Waals surface area contributed by atoms with Crippen LogP contribution in [-0.4, -0.2) is 20.8 Å². The second kappa shape index (κ2) is 3.93. The normalized spacial score (nSPS) is 31.8. The lowest BCUT2D eigenvalue weighted by atomic mass is 9.71. The minimum atomic E-state index is 0.0186. The van der Waals surface area contributed by atoms with Gasteiger partial charge in [0.05, 0.1) is 0 Å². The third kappa shape index (κ3) is 1.67. The minimum Gasteiger partial charge on any atom is -0.327 e. The van der Waals surface area contributed by atoms with E-state index in [1.165, 1.54) is 12.8 Å². The molecule has 2 rings (SSSR count). The van der Waals surface area contributed by atoms with Gasteiger partial charge in [0.2, 0.25) is 0 Å². The van der Waals surface area contributed by atoms with Crippen molar-refractivity contribution in [1.29, 1.82) is 0 Å². The van der Waals surface area contributed by atoms with Gasteiger partial charge in [0.15, 0.2) is 0 Å². The van der Waals surface area contributed by atoms with Crippen LogP contribution in [0.25, 0.3) is 0 Å². The van der Waals surface area contributed by atoms with Gasteiger partial charge in [0.1, 0.15) is 12.2 Å². The monoisotopic (exact) mass is 208 g/mol. The molecule has 0 spiro atoms. The fourth-order valence-corrected chi connectivity index (χ4v) is 2.57. The first kappa shape index (κ1) is 10.6. The molecule has 0 saturated heterocycles. The van der Waals surface area contributed by atoms with Gasteiger partial charge in [0, 0.05) is 18.0 Å². The fraction of sp³-hybridized carbons (Fsp3) is 0.818. The Morgan fingerprint density at radius 3 is 3.07 bits per heavy atom. The average molecular weight is 208 g/mol. The number of hydrogen-bond donors (Lipinski definition) is 1. The summed E-state index contributed by atoms with van der Waals surface area (Å²) in [6.07, 6.45) is 6.54. The molecule has 0 aromatic carbocycles. The van der Waals surface area contributed by atoms with E-state index in [0.29, 0.717) is 0 Å². The van der Waals surface area contributed by atoms with Crippen molar-refractivity contribution in [3.63, 3.8) is 0 Å². The lowest BCUT2D eigenvalue weighted by molar-refractivity contribution is 0.251. The fourth-order valence-electron chi connectivity index (χ4n) is 2.57. The highest BCUT2D eigenvalue weighted by Gasteiger charge is 2.39. The van der Waals surface area contributed by atoms with Crippen LogP contribution >= 0.6 is 0 Å². The first-order valence-electron chi connectivity index (χ1n) is 5.82. The molecule has 2 unspecified atom stereocenters. The average Bonchev–Trinajstić information content (AvgIpc) is 2.71. The molecular formula is C11H20N4. The van der Waals surface area contributed by atoms with Gasteiger partial charge in [-0.3, -0.25) is 0 Å². The first-order valence-corrected chi connectivity index (χ1v) is 5.82. The third-order valence-corrected chi connectivity index (χ3v) is 3.75. The summed E-state index contributed by atoms with van der Waals surface area (Å²) in [5, 5.41) is 8.27. The van der Waals surface area contributed by atoms with Crippen molar-refractivity contribution in [1.82, 2.24) is 14.8 Å². The Morgan fingerprint density at radius 2 is 2.40 bits per heavy atom. The van der Waals surface area contributed by atoms with Gasteiger partial charge in [-0.1, -0.05) is 19.8 Å². The van der Waals surface area contributed by atoms with E-state index in [0.717, 1.165) is 25.2 Å². The Balaban J connectivity index is 2.34. The van der Waals surface area contributed by atoms with E-state index in [1.807, 2.05) is 6.33 Å². The Bertz CT molecular complexity index is 333. The number of aromatic nitrogens is 3. The number of rotatable bonds is 2. The summed E-state index contributed by atoms with van der Waals surface area (Å²) < 4.78 is 2.12. The van der Waals surface area contributed by atoms with Gasteiger partial charge in [-0.25, -0.2) is 0 Å². The molecule has 0 bridgehead atoms. The van der Waals surface area contributed by atoms with Gasteiger partial charge in [0.25, 0.3) is 0 Å². The second-order valence-electron chi connectivity index (χ2n) is 4.71. The van der Waals surface area contributed by atoms with Crippen LogP contribution in [0.4, 0.5) is 0 Å². The van der Waals surface area contributed by atoms with E-state index in [-0.39, 0.29) is 11.5 Å². The zero-order valence-electron chi connectivity index (χ0n) is 9.61. The molecule has 0 radical (unpaired) electrons. The van der Waals surface area contributed by atoms with Crippen molar-refractivity contribution in [2.45, 2.75) is 57.5 Å². The van der Waals surface area contributed by atoms with Crippen LogP contribution in [-0.2, 0) is 12.0 Å². The predicted octanol–water partition coefficient (Wildman–Crippen LogP) is 1.46. The van der Waals surface area contributed by atoms with Crippen LogP contribution < -0.4 is 5.73 Å². The molecule has 1 saturated carbocycles. The van der Waals surface area contributed by atoms with Gasteiger partial charge < -0.3 is 10.3 Å². The molecule has 15 heavy (non-hydrogen) atoms. The Hall–Kier alpha value is -0.900. The Kier molecular flexibility index (Phi) is 2.78. The lowest BCUT2D eigenvalue weighted by Crippen LogP contribution is -2.47. The van der Waals surface area contributed by atoms with Crippen molar-refractivity contribution in [3.05, 3.63) is 12.2 Å². The summed E-state index contributed by atoms with van der Waals surface area (Å²) >= 11 is 0. The molecule has 84 valence electrons. The maximum atomic E-state index is 6.25. The number of aryl methyl sites for hydroxylation is 1. The summed E-state index contributed by atoms with van der Waals surface area (Å²) in [6, 6.07) is 0.223. The summed E-state index contributed by atoms with van der Waals surface area (Å²) in [4.78, 5) is 0. The standard InChI is InChI=1S/C11H20N4/c1-3-15-8-13-14-10(15)11(2)7-5-4-6-9(11)12/h8-9H,3-7,12H2,1-2H3. The molecular weight excluding hydrogens is 188 g/mol. The van der Waals surface area contributed by atoms with Crippen LogP contribution in [0.3, 0.4) is 0 Å². The Labute approximate surface area is 90.9 Å². The molecule has 1 aliphatic rings. The summed E-state index contributed by atoms with van der Waals surface area (Å²) in [7, 11) is 0. The van der Waals surface area contributed by atoms with Crippen molar-refractivity contribution >= 4 is 0 Å². The van der Waals surface area contributed by atoms with Gasteiger partial charge in [-0.05, 0) is 19.8 Å². The largest absolute Gasteiger partial charge is 0.327 e. The molecule has 1 aromatic rings.